The zero-order valence-corrected chi connectivity index (χ0v) is 13.5. The molecule has 0 unspecified atom stereocenters. The van der Waals surface area contributed by atoms with E-state index in [-0.39, 0.29) is 5.82 Å². The molecule has 4 nitrogen and oxygen atoms in total. The van der Waals surface area contributed by atoms with Crippen LogP contribution in [0.4, 0.5) is 21.8 Å². The van der Waals surface area contributed by atoms with Gasteiger partial charge in [-0.2, -0.15) is 4.98 Å². The van der Waals surface area contributed by atoms with Gasteiger partial charge in [-0.05, 0) is 54.1 Å². The Balaban J connectivity index is 2.21. The van der Waals surface area contributed by atoms with Crippen LogP contribution in [0.15, 0.2) is 24.3 Å². The molecule has 0 aliphatic carbocycles. The molecular formula is C14H16FIN4. The van der Waals surface area contributed by atoms with E-state index in [4.69, 9.17) is 0 Å². The Hall–Kier alpha value is -1.44. The highest BCUT2D eigenvalue weighted by Gasteiger charge is 2.05. The van der Waals surface area contributed by atoms with Gasteiger partial charge in [0, 0.05) is 21.9 Å². The van der Waals surface area contributed by atoms with Gasteiger partial charge in [-0.15, -0.1) is 0 Å². The predicted octanol–water partition coefficient (Wildman–Crippen LogP) is 4.09. The Bertz CT molecular complexity index is 604. The lowest BCUT2D eigenvalue weighted by Crippen LogP contribution is -2.07. The minimum Gasteiger partial charge on any atom is -0.354 e. The standard InChI is InChI=1S/C14H16FIN4/c1-3-6-17-14-18-9(2)7-13(20-14)19-12-5-4-10(15)8-11(12)16/h4-5,7-8H,3,6H2,1-2H3,(H2,17,18,19,20). The lowest BCUT2D eigenvalue weighted by molar-refractivity contribution is 0.627. The lowest BCUT2D eigenvalue weighted by Gasteiger charge is -2.10. The summed E-state index contributed by atoms with van der Waals surface area (Å²) in [4.78, 5) is 8.72. The second-order valence-corrected chi connectivity index (χ2v) is 5.56. The van der Waals surface area contributed by atoms with Crippen LogP contribution < -0.4 is 10.6 Å². The van der Waals surface area contributed by atoms with Crippen LogP contribution in [0.25, 0.3) is 0 Å². The van der Waals surface area contributed by atoms with Gasteiger partial charge in [-0.3, -0.25) is 0 Å². The molecule has 1 aromatic carbocycles. The van der Waals surface area contributed by atoms with Crippen molar-refractivity contribution < 1.29 is 4.39 Å². The van der Waals surface area contributed by atoms with E-state index in [1.54, 1.807) is 6.07 Å². The molecule has 20 heavy (non-hydrogen) atoms. The Morgan fingerprint density at radius 1 is 1.25 bits per heavy atom. The number of nitrogens with zero attached hydrogens (tertiary/aromatic N) is 2. The number of halogens is 2. The van der Waals surface area contributed by atoms with Crippen molar-refractivity contribution in [1.29, 1.82) is 0 Å². The summed E-state index contributed by atoms with van der Waals surface area (Å²) in [6, 6.07) is 6.46. The first kappa shape index (κ1) is 15.0. The van der Waals surface area contributed by atoms with Gasteiger partial charge in [0.1, 0.15) is 11.6 Å². The van der Waals surface area contributed by atoms with E-state index in [1.807, 2.05) is 13.0 Å². The number of aryl methyl sites for hydroxylation is 1. The number of anilines is 3. The summed E-state index contributed by atoms with van der Waals surface area (Å²) >= 11 is 2.09. The molecular weight excluding hydrogens is 370 g/mol. The molecule has 1 aromatic heterocycles. The summed E-state index contributed by atoms with van der Waals surface area (Å²) in [6.07, 6.45) is 1.01. The Kier molecular flexibility index (Phi) is 5.11. The molecule has 6 heteroatoms. The highest BCUT2D eigenvalue weighted by atomic mass is 127. The number of rotatable bonds is 5. The average Bonchev–Trinajstić information content (AvgIpc) is 2.39. The van der Waals surface area contributed by atoms with Crippen LogP contribution in [0.5, 0.6) is 0 Å². The van der Waals surface area contributed by atoms with E-state index in [2.05, 4.69) is 50.1 Å². The molecule has 2 rings (SSSR count). The van der Waals surface area contributed by atoms with E-state index >= 15 is 0 Å². The van der Waals surface area contributed by atoms with Gasteiger partial charge in [0.25, 0.3) is 0 Å². The summed E-state index contributed by atoms with van der Waals surface area (Å²) in [6.45, 7) is 4.83. The molecule has 1 heterocycles. The third-order valence-electron chi connectivity index (χ3n) is 2.58. The van der Waals surface area contributed by atoms with Crippen molar-refractivity contribution in [2.75, 3.05) is 17.2 Å². The van der Waals surface area contributed by atoms with Crippen LogP contribution in [0.2, 0.25) is 0 Å². The first-order chi connectivity index (χ1) is 9.58. The third-order valence-corrected chi connectivity index (χ3v) is 3.47. The maximum absolute atomic E-state index is 13.1. The van der Waals surface area contributed by atoms with Crippen molar-refractivity contribution in [3.8, 4) is 0 Å². The first-order valence-corrected chi connectivity index (χ1v) is 7.48. The second kappa shape index (κ2) is 6.83. The number of benzene rings is 1. The predicted molar refractivity (Wildman–Crippen MR) is 87.9 cm³/mol. The fourth-order valence-electron chi connectivity index (χ4n) is 1.68. The van der Waals surface area contributed by atoms with Crippen molar-refractivity contribution in [2.24, 2.45) is 0 Å². The monoisotopic (exact) mass is 386 g/mol. The van der Waals surface area contributed by atoms with Crippen LogP contribution in [0, 0.1) is 16.3 Å². The van der Waals surface area contributed by atoms with Crippen LogP contribution in [-0.2, 0) is 0 Å². The lowest BCUT2D eigenvalue weighted by atomic mass is 10.3. The van der Waals surface area contributed by atoms with E-state index in [0.717, 1.165) is 27.9 Å². The summed E-state index contributed by atoms with van der Waals surface area (Å²) < 4.78 is 13.9. The molecule has 106 valence electrons. The molecule has 0 aliphatic rings. The smallest absolute Gasteiger partial charge is 0.224 e. The van der Waals surface area contributed by atoms with E-state index in [0.29, 0.717) is 11.8 Å². The van der Waals surface area contributed by atoms with Crippen LogP contribution >= 0.6 is 22.6 Å². The number of hydrogen-bond acceptors (Lipinski definition) is 4. The van der Waals surface area contributed by atoms with Crippen molar-refractivity contribution in [3.63, 3.8) is 0 Å². The second-order valence-electron chi connectivity index (χ2n) is 4.39. The molecule has 0 saturated carbocycles. The summed E-state index contributed by atoms with van der Waals surface area (Å²) in [7, 11) is 0. The van der Waals surface area contributed by atoms with Gasteiger partial charge in [0.15, 0.2) is 0 Å². The van der Waals surface area contributed by atoms with Gasteiger partial charge in [-0.1, -0.05) is 6.92 Å². The SMILES string of the molecule is CCCNc1nc(C)cc(Nc2ccc(F)cc2I)n1. The zero-order chi connectivity index (χ0) is 14.5. The van der Waals surface area contributed by atoms with Crippen molar-refractivity contribution in [1.82, 2.24) is 9.97 Å². The Morgan fingerprint density at radius 2 is 2.05 bits per heavy atom. The normalized spacial score (nSPS) is 10.4. The van der Waals surface area contributed by atoms with Crippen molar-refractivity contribution in [2.45, 2.75) is 20.3 Å². The van der Waals surface area contributed by atoms with E-state index in [9.17, 15) is 4.39 Å². The minimum absolute atomic E-state index is 0.246. The number of hydrogen-bond donors (Lipinski definition) is 2. The Morgan fingerprint density at radius 3 is 2.75 bits per heavy atom. The molecule has 2 N–H and O–H groups in total. The quantitative estimate of drug-likeness (QED) is 0.760. The van der Waals surface area contributed by atoms with E-state index in [1.165, 1.54) is 12.1 Å². The van der Waals surface area contributed by atoms with Crippen molar-refractivity contribution in [3.05, 3.63) is 39.3 Å². The maximum atomic E-state index is 13.1. The molecule has 0 spiro atoms. The molecule has 2 aromatic rings. The molecule has 0 aliphatic heterocycles. The van der Waals surface area contributed by atoms with Gasteiger partial charge in [-0.25, -0.2) is 9.37 Å². The maximum Gasteiger partial charge on any atom is 0.224 e. The third kappa shape index (κ3) is 4.03. The zero-order valence-electron chi connectivity index (χ0n) is 11.4. The number of aromatic nitrogens is 2. The average molecular weight is 386 g/mol. The van der Waals surface area contributed by atoms with Crippen molar-refractivity contribution >= 4 is 40.0 Å². The van der Waals surface area contributed by atoms with Gasteiger partial charge in [0.2, 0.25) is 5.95 Å². The number of nitrogens with one attached hydrogen (secondary N) is 2. The van der Waals surface area contributed by atoms with Crippen LogP contribution in [0.3, 0.4) is 0 Å². The fraction of sp³-hybridized carbons (Fsp3) is 0.286. The first-order valence-electron chi connectivity index (χ1n) is 6.40. The Labute approximate surface area is 131 Å². The summed E-state index contributed by atoms with van der Waals surface area (Å²) in [5.41, 5.74) is 1.70. The highest BCUT2D eigenvalue weighted by Crippen LogP contribution is 2.23. The molecule has 0 amide bonds. The minimum atomic E-state index is -0.246. The van der Waals surface area contributed by atoms with Gasteiger partial charge in [0.05, 0.1) is 5.69 Å². The summed E-state index contributed by atoms with van der Waals surface area (Å²) in [5.74, 6) is 1.05. The topological polar surface area (TPSA) is 49.8 Å². The largest absolute Gasteiger partial charge is 0.354 e. The van der Waals surface area contributed by atoms with E-state index < -0.39 is 0 Å². The molecule has 0 saturated heterocycles. The van der Waals surface area contributed by atoms with Gasteiger partial charge < -0.3 is 10.6 Å². The fourth-order valence-corrected chi connectivity index (χ4v) is 2.29. The van der Waals surface area contributed by atoms with Crippen LogP contribution in [0.1, 0.15) is 19.0 Å². The molecule has 0 bridgehead atoms. The van der Waals surface area contributed by atoms with Gasteiger partial charge >= 0.3 is 0 Å². The highest BCUT2D eigenvalue weighted by molar-refractivity contribution is 14.1. The molecule has 0 fully saturated rings. The molecule has 0 atom stereocenters. The van der Waals surface area contributed by atoms with Crippen LogP contribution in [-0.4, -0.2) is 16.5 Å². The molecule has 0 radical (unpaired) electrons. The summed E-state index contributed by atoms with van der Waals surface area (Å²) in [5, 5.41) is 6.35.